The number of fused-ring (bicyclic) bond motifs is 1. The summed E-state index contributed by atoms with van der Waals surface area (Å²) in [5.41, 5.74) is 8.87. The summed E-state index contributed by atoms with van der Waals surface area (Å²) >= 11 is 1.30. The highest BCUT2D eigenvalue weighted by atomic mass is 32.1. The van der Waals surface area contributed by atoms with Gasteiger partial charge in [0.25, 0.3) is 11.8 Å². The van der Waals surface area contributed by atoms with E-state index in [1.807, 2.05) is 27.0 Å². The van der Waals surface area contributed by atoms with E-state index in [4.69, 9.17) is 5.73 Å². The van der Waals surface area contributed by atoms with Crippen LogP contribution in [-0.2, 0) is 18.3 Å². The second-order valence-corrected chi connectivity index (χ2v) is 12.6. The van der Waals surface area contributed by atoms with E-state index in [0.29, 0.717) is 28.2 Å². The highest BCUT2D eigenvalue weighted by molar-refractivity contribution is 7.14. The number of nitrogens with two attached hydrogens (primary N) is 1. The van der Waals surface area contributed by atoms with Gasteiger partial charge in [0.05, 0.1) is 22.4 Å². The van der Waals surface area contributed by atoms with Crippen LogP contribution in [0.1, 0.15) is 75.8 Å². The Labute approximate surface area is 247 Å². The van der Waals surface area contributed by atoms with Gasteiger partial charge in [-0.2, -0.15) is 5.10 Å². The molecule has 3 heterocycles. The standard InChI is InChI=1S/C30H36FN7O3S/c1-15-16(8-9-18(31)26(15)36-29(41)23-11-17-24(42-23)14-30(2,3)27(17)39)19(32)12-21(28(40)33-4)35-25-13-22(38(5)37-25)20-7-6-10-34-20/h8-9,11-13,20,27,34,39H,6-7,10,14,32H2,1-5H3,(H,33,40)(H,36,41)/t20?,27-/m0/s1. The third-order valence-electron chi connectivity index (χ3n) is 7.99. The number of thiophene rings is 1. The van der Waals surface area contributed by atoms with E-state index >= 15 is 0 Å². The lowest BCUT2D eigenvalue weighted by Gasteiger charge is -2.22. The number of aliphatic hydroxyl groups is 1. The Hall–Kier alpha value is -3.87. The minimum absolute atomic E-state index is 0.0137. The fraction of sp³-hybridized carbons (Fsp3) is 0.400. The van der Waals surface area contributed by atoms with Gasteiger partial charge in [-0.25, -0.2) is 9.38 Å². The maximum Gasteiger partial charge on any atom is 0.269 e. The highest BCUT2D eigenvalue weighted by Crippen LogP contribution is 2.48. The summed E-state index contributed by atoms with van der Waals surface area (Å²) in [5, 5.41) is 23.8. The van der Waals surface area contributed by atoms with Gasteiger partial charge in [0.15, 0.2) is 5.82 Å². The van der Waals surface area contributed by atoms with Gasteiger partial charge in [-0.05, 0) is 73.5 Å². The number of aromatic nitrogens is 2. The zero-order valence-corrected chi connectivity index (χ0v) is 25.2. The molecule has 2 atom stereocenters. The molecule has 222 valence electrons. The van der Waals surface area contributed by atoms with Crippen molar-refractivity contribution in [1.29, 1.82) is 0 Å². The maximum atomic E-state index is 15.0. The van der Waals surface area contributed by atoms with Crippen molar-refractivity contribution in [3.8, 4) is 0 Å². The van der Waals surface area contributed by atoms with E-state index in [-0.39, 0.29) is 28.6 Å². The third-order valence-corrected chi connectivity index (χ3v) is 9.14. The summed E-state index contributed by atoms with van der Waals surface area (Å²) in [6.07, 6.45) is 3.49. The van der Waals surface area contributed by atoms with Gasteiger partial charge >= 0.3 is 0 Å². The molecule has 3 aromatic rings. The number of aliphatic imine (C=N–C) groups is 1. The predicted molar refractivity (Wildman–Crippen MR) is 162 cm³/mol. The zero-order chi connectivity index (χ0) is 30.3. The normalized spacial score (nSPS) is 20.1. The van der Waals surface area contributed by atoms with Crippen LogP contribution >= 0.6 is 11.3 Å². The number of hydrogen-bond donors (Lipinski definition) is 5. The molecule has 0 saturated carbocycles. The monoisotopic (exact) mass is 593 g/mol. The number of halogens is 1. The summed E-state index contributed by atoms with van der Waals surface area (Å²) in [7, 11) is 3.33. The molecule has 0 bridgehead atoms. The predicted octanol–water partition coefficient (Wildman–Crippen LogP) is 4.04. The highest BCUT2D eigenvalue weighted by Gasteiger charge is 2.40. The second-order valence-electron chi connectivity index (χ2n) is 11.5. The number of carbonyl (C=O) groups excluding carboxylic acids is 2. The molecule has 2 amide bonds. The van der Waals surface area contributed by atoms with E-state index in [9.17, 15) is 19.1 Å². The Morgan fingerprint density at radius 3 is 2.76 bits per heavy atom. The average molecular weight is 594 g/mol. The third kappa shape index (κ3) is 5.61. The molecule has 0 radical (unpaired) electrons. The molecule has 42 heavy (non-hydrogen) atoms. The molecule has 2 aromatic heterocycles. The van der Waals surface area contributed by atoms with Crippen LogP contribution in [0.15, 0.2) is 35.3 Å². The molecule has 1 aliphatic heterocycles. The quantitative estimate of drug-likeness (QED) is 0.261. The Morgan fingerprint density at radius 2 is 2.10 bits per heavy atom. The van der Waals surface area contributed by atoms with Crippen molar-refractivity contribution in [3.05, 3.63) is 68.3 Å². The van der Waals surface area contributed by atoms with Crippen LogP contribution in [0, 0.1) is 18.2 Å². The molecule has 12 heteroatoms. The van der Waals surface area contributed by atoms with E-state index in [1.165, 1.54) is 36.6 Å². The first-order valence-electron chi connectivity index (χ1n) is 13.9. The van der Waals surface area contributed by atoms with E-state index in [2.05, 4.69) is 26.0 Å². The molecule has 6 N–H and O–H groups in total. The molecule has 5 rings (SSSR count). The van der Waals surface area contributed by atoms with Crippen LogP contribution < -0.4 is 21.7 Å². The lowest BCUT2D eigenvalue weighted by atomic mass is 9.88. The SMILES string of the molecule is CNC(=O)C(C=C(N)c1ccc(F)c(NC(=O)c2cc3c(s2)CC(C)(C)[C@H]3O)c1C)=Nc1cc(C2CCCN2)n(C)n1. The zero-order valence-electron chi connectivity index (χ0n) is 24.3. The van der Waals surface area contributed by atoms with Gasteiger partial charge in [0.1, 0.15) is 11.5 Å². The van der Waals surface area contributed by atoms with Crippen molar-refractivity contribution in [1.82, 2.24) is 20.4 Å². The Bertz CT molecular complexity index is 1610. The van der Waals surface area contributed by atoms with Crippen molar-refractivity contribution in [2.24, 2.45) is 23.2 Å². The second kappa shape index (κ2) is 11.4. The van der Waals surface area contributed by atoms with Crippen LogP contribution in [0.2, 0.25) is 0 Å². The molecule has 1 aliphatic carbocycles. The molecule has 10 nitrogen and oxygen atoms in total. The average Bonchev–Trinajstić information content (AvgIpc) is 3.72. The first kappa shape index (κ1) is 29.6. The van der Waals surface area contributed by atoms with E-state index in [0.717, 1.165) is 35.5 Å². The summed E-state index contributed by atoms with van der Waals surface area (Å²) < 4.78 is 16.7. The number of carbonyl (C=O) groups is 2. The molecule has 1 fully saturated rings. The van der Waals surface area contributed by atoms with Gasteiger partial charge < -0.3 is 26.8 Å². The fourth-order valence-electron chi connectivity index (χ4n) is 5.58. The number of amides is 2. The molecule has 0 spiro atoms. The minimum Gasteiger partial charge on any atom is -0.398 e. The van der Waals surface area contributed by atoms with Crippen molar-refractivity contribution < 1.29 is 19.1 Å². The minimum atomic E-state index is -0.662. The molecule has 1 unspecified atom stereocenters. The van der Waals surface area contributed by atoms with Crippen LogP contribution in [0.4, 0.5) is 15.9 Å². The molecule has 2 aliphatic rings. The summed E-state index contributed by atoms with van der Waals surface area (Å²) in [6, 6.07) is 6.41. The molecule has 1 aromatic carbocycles. The number of hydrogen-bond acceptors (Lipinski definition) is 8. The largest absolute Gasteiger partial charge is 0.398 e. The maximum absolute atomic E-state index is 15.0. The van der Waals surface area contributed by atoms with Gasteiger partial charge in [0.2, 0.25) is 0 Å². The molecular formula is C30H36FN7O3S. The summed E-state index contributed by atoms with van der Waals surface area (Å²) in [6.45, 7) is 6.54. The number of rotatable bonds is 7. The van der Waals surface area contributed by atoms with Crippen LogP contribution in [-0.4, -0.2) is 46.0 Å². The fourth-order valence-corrected chi connectivity index (χ4v) is 6.91. The lowest BCUT2D eigenvalue weighted by Crippen LogP contribution is -2.27. The first-order chi connectivity index (χ1) is 19.9. The van der Waals surface area contributed by atoms with E-state index < -0.39 is 23.7 Å². The number of nitrogens with zero attached hydrogens (tertiary/aromatic N) is 3. The van der Waals surface area contributed by atoms with Gasteiger partial charge in [0, 0.05) is 42.3 Å². The van der Waals surface area contributed by atoms with Gasteiger partial charge in [-0.3, -0.25) is 14.3 Å². The van der Waals surface area contributed by atoms with Crippen molar-refractivity contribution in [3.63, 3.8) is 0 Å². The smallest absolute Gasteiger partial charge is 0.269 e. The van der Waals surface area contributed by atoms with Gasteiger partial charge in [-0.1, -0.05) is 13.8 Å². The van der Waals surface area contributed by atoms with Crippen LogP contribution in [0.25, 0.3) is 5.70 Å². The summed E-state index contributed by atoms with van der Waals surface area (Å²) in [5.74, 6) is -1.20. The number of nitrogens with one attached hydrogen (secondary N) is 3. The Balaban J connectivity index is 1.42. The van der Waals surface area contributed by atoms with Crippen molar-refractivity contribution >= 4 is 46.1 Å². The van der Waals surface area contributed by atoms with Crippen LogP contribution in [0.5, 0.6) is 0 Å². The summed E-state index contributed by atoms with van der Waals surface area (Å²) in [4.78, 5) is 31.7. The Kier molecular flexibility index (Phi) is 8.06. The van der Waals surface area contributed by atoms with Crippen molar-refractivity contribution in [2.45, 2.75) is 52.2 Å². The number of aliphatic hydroxyl groups excluding tert-OH is 1. The van der Waals surface area contributed by atoms with Crippen LogP contribution in [0.3, 0.4) is 0 Å². The number of benzene rings is 1. The topological polar surface area (TPSA) is 147 Å². The van der Waals surface area contributed by atoms with E-state index in [1.54, 1.807) is 17.7 Å². The molecular weight excluding hydrogens is 557 g/mol. The first-order valence-corrected chi connectivity index (χ1v) is 14.7. The lowest BCUT2D eigenvalue weighted by molar-refractivity contribution is -0.114. The van der Waals surface area contributed by atoms with Crippen molar-refractivity contribution in [2.75, 3.05) is 18.9 Å². The van der Waals surface area contributed by atoms with Gasteiger partial charge in [-0.15, -0.1) is 11.3 Å². The Morgan fingerprint density at radius 1 is 1.33 bits per heavy atom. The molecule has 1 saturated heterocycles. The number of anilines is 1. The number of aryl methyl sites for hydroxylation is 1.